The Bertz CT molecular complexity index is 773. The zero-order valence-corrected chi connectivity index (χ0v) is 13.8. The van der Waals surface area contributed by atoms with Gasteiger partial charge in [0.15, 0.2) is 5.82 Å². The van der Waals surface area contributed by atoms with E-state index in [9.17, 15) is 12.8 Å². The molecule has 1 aliphatic rings. The monoisotopic (exact) mass is 351 g/mol. The highest BCUT2D eigenvalue weighted by atomic mass is 32.2. The first kappa shape index (κ1) is 16.9. The van der Waals surface area contributed by atoms with Crippen molar-refractivity contribution in [1.29, 1.82) is 0 Å². The lowest BCUT2D eigenvalue weighted by Crippen LogP contribution is -2.23. The number of hydrogen-bond acceptors (Lipinski definition) is 5. The average molecular weight is 351 g/mol. The summed E-state index contributed by atoms with van der Waals surface area (Å²) >= 11 is 0. The molecule has 128 valence electrons. The molecule has 0 bridgehead atoms. The molecule has 24 heavy (non-hydrogen) atoms. The first-order chi connectivity index (χ1) is 11.5. The number of hydrogen-bond donors (Lipinski definition) is 1. The molecule has 1 N–H and O–H groups in total. The van der Waals surface area contributed by atoms with Gasteiger partial charge in [-0.25, -0.2) is 27.5 Å². The first-order valence-electron chi connectivity index (χ1n) is 7.72. The molecular weight excluding hydrogens is 333 g/mol. The summed E-state index contributed by atoms with van der Waals surface area (Å²) in [6.07, 6.45) is 6.15. The van der Waals surface area contributed by atoms with Gasteiger partial charge in [-0.15, -0.1) is 0 Å². The van der Waals surface area contributed by atoms with Crippen molar-refractivity contribution in [1.82, 2.24) is 14.7 Å². The van der Waals surface area contributed by atoms with Gasteiger partial charge >= 0.3 is 0 Å². The average Bonchev–Trinajstić information content (AvgIpc) is 2.62. The predicted molar refractivity (Wildman–Crippen MR) is 85.0 cm³/mol. The van der Waals surface area contributed by atoms with Gasteiger partial charge in [0.1, 0.15) is 11.9 Å². The maximum Gasteiger partial charge on any atom is 0.240 e. The lowest BCUT2D eigenvalue weighted by atomic mass is 10.1. The highest BCUT2D eigenvalue weighted by Crippen LogP contribution is 2.24. The van der Waals surface area contributed by atoms with Crippen molar-refractivity contribution in [3.63, 3.8) is 0 Å². The van der Waals surface area contributed by atoms with Crippen molar-refractivity contribution in [2.24, 2.45) is 0 Å². The van der Waals surface area contributed by atoms with E-state index < -0.39 is 15.8 Å². The molecular formula is C16H18FN3O3S. The second-order valence-electron chi connectivity index (χ2n) is 5.58. The Morgan fingerprint density at radius 1 is 1.17 bits per heavy atom. The van der Waals surface area contributed by atoms with Crippen molar-refractivity contribution in [3.05, 3.63) is 53.9 Å². The molecule has 0 radical (unpaired) electrons. The van der Waals surface area contributed by atoms with E-state index in [4.69, 9.17) is 4.74 Å². The molecule has 0 saturated carbocycles. The topological polar surface area (TPSA) is 81.2 Å². The zero-order chi connectivity index (χ0) is 17.0. The summed E-state index contributed by atoms with van der Waals surface area (Å²) in [4.78, 5) is 8.54. The van der Waals surface area contributed by atoms with Crippen LogP contribution in [0.4, 0.5) is 4.39 Å². The summed E-state index contributed by atoms with van der Waals surface area (Å²) in [5, 5.41) is 0. The van der Waals surface area contributed by atoms with E-state index in [1.807, 2.05) is 0 Å². The van der Waals surface area contributed by atoms with Gasteiger partial charge in [-0.2, -0.15) is 0 Å². The number of benzene rings is 1. The van der Waals surface area contributed by atoms with Gasteiger partial charge in [0, 0.05) is 31.1 Å². The lowest BCUT2D eigenvalue weighted by Gasteiger charge is -2.21. The zero-order valence-electron chi connectivity index (χ0n) is 13.0. The van der Waals surface area contributed by atoms with Crippen molar-refractivity contribution in [3.8, 4) is 0 Å². The normalized spacial score (nSPS) is 18.5. The summed E-state index contributed by atoms with van der Waals surface area (Å²) in [5.74, 6) is 0.141. The molecule has 1 fully saturated rings. The number of aromatic nitrogens is 2. The summed E-state index contributed by atoms with van der Waals surface area (Å²) in [6, 6.07) is 4.66. The fourth-order valence-electron chi connectivity index (χ4n) is 2.44. The lowest BCUT2D eigenvalue weighted by molar-refractivity contribution is 0.00940. The Morgan fingerprint density at radius 3 is 2.50 bits per heavy atom. The van der Waals surface area contributed by atoms with Gasteiger partial charge in [0.25, 0.3) is 0 Å². The van der Waals surface area contributed by atoms with Gasteiger partial charge in [-0.05, 0) is 43.5 Å². The molecule has 0 spiro atoms. The molecule has 8 heteroatoms. The Hall–Kier alpha value is -1.90. The van der Waals surface area contributed by atoms with Gasteiger partial charge in [0.2, 0.25) is 10.0 Å². The Balaban J connectivity index is 1.62. The summed E-state index contributed by atoms with van der Waals surface area (Å²) in [7, 11) is -3.70. The van der Waals surface area contributed by atoms with Gasteiger partial charge in [-0.1, -0.05) is 0 Å². The molecule has 0 aliphatic carbocycles. The summed E-state index contributed by atoms with van der Waals surface area (Å²) in [5.41, 5.74) is 0.639. The van der Waals surface area contributed by atoms with Crippen LogP contribution in [0, 0.1) is 5.82 Å². The number of halogens is 1. The molecule has 1 aromatic heterocycles. The van der Waals surface area contributed by atoms with Crippen molar-refractivity contribution in [2.75, 3.05) is 6.61 Å². The molecule has 2 aromatic rings. The van der Waals surface area contributed by atoms with Crippen LogP contribution in [0.1, 0.15) is 36.8 Å². The smallest absolute Gasteiger partial charge is 0.240 e. The highest BCUT2D eigenvalue weighted by molar-refractivity contribution is 7.89. The molecule has 1 aromatic carbocycles. The van der Waals surface area contributed by atoms with Crippen LogP contribution in [-0.4, -0.2) is 25.0 Å². The molecule has 1 atom stereocenters. The maximum absolute atomic E-state index is 12.9. The largest absolute Gasteiger partial charge is 0.370 e. The minimum Gasteiger partial charge on any atom is -0.370 e. The third-order valence-corrected chi connectivity index (χ3v) is 5.20. The summed E-state index contributed by atoms with van der Waals surface area (Å²) < 4.78 is 45.2. The van der Waals surface area contributed by atoms with Crippen LogP contribution in [0.15, 0.2) is 41.6 Å². The third kappa shape index (κ3) is 4.14. The van der Waals surface area contributed by atoms with Crippen LogP contribution >= 0.6 is 0 Å². The second-order valence-corrected chi connectivity index (χ2v) is 7.35. The van der Waals surface area contributed by atoms with Crippen molar-refractivity contribution in [2.45, 2.75) is 36.8 Å². The molecule has 0 unspecified atom stereocenters. The van der Waals surface area contributed by atoms with Crippen LogP contribution in [-0.2, 0) is 21.3 Å². The number of rotatable bonds is 5. The number of nitrogens with one attached hydrogen (secondary N) is 1. The molecule has 0 amide bonds. The quantitative estimate of drug-likeness (QED) is 0.894. The minimum atomic E-state index is -3.70. The van der Waals surface area contributed by atoms with E-state index in [-0.39, 0.29) is 17.5 Å². The molecule has 3 rings (SSSR count). The van der Waals surface area contributed by atoms with Gasteiger partial charge in [0.05, 0.1) is 4.90 Å². The van der Waals surface area contributed by atoms with Crippen molar-refractivity contribution >= 4 is 10.0 Å². The van der Waals surface area contributed by atoms with E-state index >= 15 is 0 Å². The number of sulfonamides is 1. The van der Waals surface area contributed by atoms with Crippen LogP contribution in [0.5, 0.6) is 0 Å². The van der Waals surface area contributed by atoms with Gasteiger partial charge in [-0.3, -0.25) is 0 Å². The maximum atomic E-state index is 12.9. The van der Waals surface area contributed by atoms with E-state index in [1.54, 1.807) is 12.4 Å². The second kappa shape index (κ2) is 7.33. The Kier molecular flexibility index (Phi) is 5.17. The predicted octanol–water partition coefficient (Wildman–Crippen LogP) is 2.34. The number of ether oxygens (including phenoxy) is 1. The van der Waals surface area contributed by atoms with Gasteiger partial charge < -0.3 is 4.74 Å². The fraction of sp³-hybridized carbons (Fsp3) is 0.375. The SMILES string of the molecule is O=S(=O)(NCc1cnc([C@@H]2CCCCO2)nc1)c1ccc(F)cc1. The minimum absolute atomic E-state index is 0.0112. The van der Waals surface area contributed by atoms with E-state index in [2.05, 4.69) is 14.7 Å². The summed E-state index contributed by atoms with van der Waals surface area (Å²) in [6.45, 7) is 0.777. The van der Waals surface area contributed by atoms with E-state index in [0.29, 0.717) is 18.0 Å². The molecule has 2 heterocycles. The van der Waals surface area contributed by atoms with Crippen LogP contribution in [0.2, 0.25) is 0 Å². The number of nitrogens with zero attached hydrogens (tertiary/aromatic N) is 2. The first-order valence-corrected chi connectivity index (χ1v) is 9.20. The Morgan fingerprint density at radius 2 is 1.88 bits per heavy atom. The fourth-order valence-corrected chi connectivity index (χ4v) is 3.46. The third-order valence-electron chi connectivity index (χ3n) is 3.78. The van der Waals surface area contributed by atoms with E-state index in [1.165, 1.54) is 12.1 Å². The standard InChI is InChI=1S/C16H18FN3O3S/c17-13-4-6-14(7-5-13)24(21,22)20-11-12-9-18-16(19-10-12)15-3-1-2-8-23-15/h4-7,9-10,15,20H,1-3,8,11H2/t15-/m0/s1. The highest BCUT2D eigenvalue weighted by Gasteiger charge is 2.19. The van der Waals surface area contributed by atoms with Crippen LogP contribution in [0.3, 0.4) is 0 Å². The van der Waals surface area contributed by atoms with Crippen LogP contribution in [0.25, 0.3) is 0 Å². The molecule has 1 saturated heterocycles. The van der Waals surface area contributed by atoms with Crippen molar-refractivity contribution < 1.29 is 17.5 Å². The molecule has 6 nitrogen and oxygen atoms in total. The molecule has 1 aliphatic heterocycles. The van der Waals surface area contributed by atoms with Crippen LogP contribution < -0.4 is 4.72 Å². The Labute approximate surface area is 140 Å². The van der Waals surface area contributed by atoms with E-state index in [0.717, 1.165) is 31.4 Å².